The molecule has 9 nitrogen and oxygen atoms in total. The molecule has 146 valence electrons. The summed E-state index contributed by atoms with van der Waals surface area (Å²) in [4.78, 5) is 49.3. The quantitative estimate of drug-likeness (QED) is 0.729. The third kappa shape index (κ3) is 4.03. The zero-order valence-electron chi connectivity index (χ0n) is 15.3. The molecule has 0 unspecified atom stereocenters. The van der Waals surface area contributed by atoms with Gasteiger partial charge in [0, 0.05) is 17.8 Å². The molecule has 3 rings (SSSR count). The molecule has 0 spiro atoms. The number of benzene rings is 1. The molecule has 3 N–H and O–H groups in total. The van der Waals surface area contributed by atoms with Crippen LogP contribution in [0.15, 0.2) is 41.2 Å². The van der Waals surface area contributed by atoms with Crippen LogP contribution in [0.2, 0.25) is 0 Å². The molecular weight excluding hydrogens is 364 g/mol. The van der Waals surface area contributed by atoms with Gasteiger partial charge in [0.25, 0.3) is 17.4 Å². The fourth-order valence-corrected chi connectivity index (χ4v) is 2.98. The van der Waals surface area contributed by atoms with Crippen molar-refractivity contribution in [2.75, 3.05) is 19.0 Å². The summed E-state index contributed by atoms with van der Waals surface area (Å²) < 4.78 is 5.82. The largest absolute Gasteiger partial charge is 0.453 e. The Balaban J connectivity index is 2.02. The Bertz CT molecular complexity index is 968. The van der Waals surface area contributed by atoms with Crippen LogP contribution in [0, 0.1) is 0 Å². The second-order valence-corrected chi connectivity index (χ2v) is 6.16. The molecule has 1 aliphatic rings. The Morgan fingerprint density at radius 2 is 1.96 bits per heavy atom. The van der Waals surface area contributed by atoms with Gasteiger partial charge < -0.3 is 20.7 Å². The molecule has 0 aliphatic carbocycles. The highest BCUT2D eigenvalue weighted by Gasteiger charge is 2.23. The number of fused-ring (bicyclic) bond motifs is 1. The molecule has 1 aromatic heterocycles. The Morgan fingerprint density at radius 1 is 1.21 bits per heavy atom. The number of alkyl carbamates (subject to hydrolysis) is 1. The summed E-state index contributed by atoms with van der Waals surface area (Å²) in [6, 6.07) is 9.80. The van der Waals surface area contributed by atoms with Gasteiger partial charge in [0.1, 0.15) is 12.4 Å². The minimum Gasteiger partial charge on any atom is -0.453 e. The number of amides is 3. The Hall–Kier alpha value is -3.62. The third-order valence-corrected chi connectivity index (χ3v) is 4.37. The summed E-state index contributed by atoms with van der Waals surface area (Å²) in [7, 11) is 1.21. The van der Waals surface area contributed by atoms with Crippen LogP contribution in [0.1, 0.15) is 32.8 Å². The highest BCUT2D eigenvalue weighted by atomic mass is 16.5. The Morgan fingerprint density at radius 3 is 2.68 bits per heavy atom. The number of carbonyl (C=O) groups excluding carboxylic acids is 3. The molecule has 0 radical (unpaired) electrons. The molecule has 0 saturated carbocycles. The monoisotopic (exact) mass is 384 g/mol. The first-order valence-electron chi connectivity index (χ1n) is 8.74. The van der Waals surface area contributed by atoms with Crippen LogP contribution in [0.4, 0.5) is 10.5 Å². The van der Waals surface area contributed by atoms with Gasteiger partial charge in [-0.05, 0) is 31.0 Å². The SMILES string of the molecule is COC(=O)NCn1c2c(cc(NC(=O)c3ccccc3)c1=O)C(=O)NCCC2. The van der Waals surface area contributed by atoms with Crippen molar-refractivity contribution in [2.45, 2.75) is 19.5 Å². The summed E-state index contributed by atoms with van der Waals surface area (Å²) in [5.74, 6) is -0.811. The van der Waals surface area contributed by atoms with Gasteiger partial charge in [-0.3, -0.25) is 19.0 Å². The first kappa shape index (κ1) is 19.2. The highest BCUT2D eigenvalue weighted by molar-refractivity contribution is 6.05. The molecule has 0 bridgehead atoms. The molecule has 2 heterocycles. The second kappa shape index (κ2) is 8.38. The molecule has 1 aromatic carbocycles. The van der Waals surface area contributed by atoms with E-state index in [0.717, 1.165) is 0 Å². The molecule has 0 fully saturated rings. The maximum Gasteiger partial charge on any atom is 0.408 e. The average Bonchev–Trinajstić information content (AvgIpc) is 2.89. The maximum atomic E-state index is 13.0. The van der Waals surface area contributed by atoms with E-state index in [9.17, 15) is 19.2 Å². The number of hydrogen-bond donors (Lipinski definition) is 3. The molecule has 0 atom stereocenters. The Labute approximate surface area is 160 Å². The van der Waals surface area contributed by atoms with Crippen LogP contribution >= 0.6 is 0 Å². The van der Waals surface area contributed by atoms with Crippen molar-refractivity contribution < 1.29 is 19.1 Å². The highest BCUT2D eigenvalue weighted by Crippen LogP contribution is 2.17. The summed E-state index contributed by atoms with van der Waals surface area (Å²) >= 11 is 0. The molecule has 3 amide bonds. The van der Waals surface area contributed by atoms with E-state index >= 15 is 0 Å². The molecule has 9 heteroatoms. The first-order valence-corrected chi connectivity index (χ1v) is 8.74. The van der Waals surface area contributed by atoms with Gasteiger partial charge in [-0.25, -0.2) is 4.79 Å². The first-order chi connectivity index (χ1) is 13.5. The van der Waals surface area contributed by atoms with Gasteiger partial charge in [-0.15, -0.1) is 0 Å². The fraction of sp³-hybridized carbons (Fsp3) is 0.263. The predicted molar refractivity (Wildman–Crippen MR) is 101 cm³/mol. The third-order valence-electron chi connectivity index (χ3n) is 4.37. The zero-order valence-corrected chi connectivity index (χ0v) is 15.3. The van der Waals surface area contributed by atoms with Gasteiger partial charge in [0.05, 0.1) is 12.7 Å². The second-order valence-electron chi connectivity index (χ2n) is 6.16. The van der Waals surface area contributed by atoms with Crippen LogP contribution < -0.4 is 21.5 Å². The van der Waals surface area contributed by atoms with Gasteiger partial charge in [0.2, 0.25) is 0 Å². The molecule has 1 aliphatic heterocycles. The molecular formula is C19H20N4O5. The number of hydrogen-bond acceptors (Lipinski definition) is 5. The van der Waals surface area contributed by atoms with Crippen molar-refractivity contribution in [3.63, 3.8) is 0 Å². The lowest BCUT2D eigenvalue weighted by Crippen LogP contribution is -2.37. The van der Waals surface area contributed by atoms with Crippen LogP contribution in [0.3, 0.4) is 0 Å². The minimum absolute atomic E-state index is 0.0451. The van der Waals surface area contributed by atoms with Crippen LogP contribution in [-0.4, -0.2) is 36.1 Å². The lowest BCUT2D eigenvalue weighted by molar-refractivity contribution is 0.0953. The number of methoxy groups -OCH3 is 1. The number of nitrogens with one attached hydrogen (secondary N) is 3. The average molecular weight is 384 g/mol. The number of nitrogens with zero attached hydrogens (tertiary/aromatic N) is 1. The number of ether oxygens (including phenoxy) is 1. The molecule has 28 heavy (non-hydrogen) atoms. The number of carbonyl (C=O) groups is 3. The van der Waals surface area contributed by atoms with E-state index in [1.807, 2.05) is 0 Å². The maximum absolute atomic E-state index is 13.0. The van der Waals surface area contributed by atoms with Crippen molar-refractivity contribution in [2.24, 2.45) is 0 Å². The lowest BCUT2D eigenvalue weighted by Gasteiger charge is -2.17. The van der Waals surface area contributed by atoms with Gasteiger partial charge in [-0.2, -0.15) is 0 Å². The summed E-state index contributed by atoms with van der Waals surface area (Å²) in [5.41, 5.74) is 0.590. The fourth-order valence-electron chi connectivity index (χ4n) is 2.98. The number of aromatic nitrogens is 1. The van der Waals surface area contributed by atoms with Gasteiger partial charge >= 0.3 is 6.09 Å². The number of rotatable bonds is 4. The minimum atomic E-state index is -0.711. The van der Waals surface area contributed by atoms with Crippen LogP contribution in [0.5, 0.6) is 0 Å². The van der Waals surface area contributed by atoms with E-state index in [1.54, 1.807) is 30.3 Å². The topological polar surface area (TPSA) is 119 Å². The normalized spacial score (nSPS) is 13.0. The number of anilines is 1. The molecule has 0 saturated heterocycles. The van der Waals surface area contributed by atoms with E-state index in [-0.39, 0.29) is 23.8 Å². The smallest absolute Gasteiger partial charge is 0.408 e. The van der Waals surface area contributed by atoms with E-state index in [0.29, 0.717) is 30.6 Å². The van der Waals surface area contributed by atoms with Crippen molar-refractivity contribution >= 4 is 23.6 Å². The summed E-state index contributed by atoms with van der Waals surface area (Å²) in [5, 5.41) is 7.76. The summed E-state index contributed by atoms with van der Waals surface area (Å²) in [6.07, 6.45) is 0.406. The van der Waals surface area contributed by atoms with Crippen molar-refractivity contribution in [1.82, 2.24) is 15.2 Å². The van der Waals surface area contributed by atoms with E-state index in [2.05, 4.69) is 20.7 Å². The van der Waals surface area contributed by atoms with E-state index < -0.39 is 17.6 Å². The van der Waals surface area contributed by atoms with Crippen molar-refractivity contribution in [3.05, 3.63) is 63.6 Å². The zero-order chi connectivity index (χ0) is 20.1. The van der Waals surface area contributed by atoms with Crippen LogP contribution in [0.25, 0.3) is 0 Å². The van der Waals surface area contributed by atoms with E-state index in [1.165, 1.54) is 17.7 Å². The predicted octanol–water partition coefficient (Wildman–Crippen LogP) is 1.09. The Kier molecular flexibility index (Phi) is 5.73. The molecule has 2 aromatic rings. The van der Waals surface area contributed by atoms with Crippen molar-refractivity contribution in [1.29, 1.82) is 0 Å². The van der Waals surface area contributed by atoms with Crippen LogP contribution in [-0.2, 0) is 17.8 Å². The summed E-state index contributed by atoms with van der Waals surface area (Å²) in [6.45, 7) is 0.286. The lowest BCUT2D eigenvalue weighted by atomic mass is 10.1. The standard InChI is InChI=1S/C19H20N4O5/c1-28-19(27)21-11-23-15-8-5-9-20-17(25)13(15)10-14(18(23)26)22-16(24)12-6-3-2-4-7-12/h2-4,6-7,10H,5,8-9,11H2,1H3,(H,20,25)(H,21,27)(H,22,24). The van der Waals surface area contributed by atoms with Crippen molar-refractivity contribution in [3.8, 4) is 0 Å². The van der Waals surface area contributed by atoms with Gasteiger partial charge in [0.15, 0.2) is 0 Å². The number of pyridine rings is 1. The van der Waals surface area contributed by atoms with Gasteiger partial charge in [-0.1, -0.05) is 18.2 Å². The van der Waals surface area contributed by atoms with E-state index in [4.69, 9.17) is 0 Å².